The molecule has 84 valence electrons. The van der Waals surface area contributed by atoms with Gasteiger partial charge in [0.05, 0.1) is 0 Å². The van der Waals surface area contributed by atoms with Crippen LogP contribution in [-0.4, -0.2) is 9.97 Å². The van der Waals surface area contributed by atoms with Crippen LogP contribution in [0.4, 0.5) is 4.39 Å². The van der Waals surface area contributed by atoms with E-state index in [4.69, 9.17) is 10.00 Å². The van der Waals surface area contributed by atoms with Gasteiger partial charge in [0, 0.05) is 16.9 Å². The number of hydrogen-bond acceptors (Lipinski definition) is 4. The Kier molecular flexibility index (Phi) is 3.30. The molecule has 0 saturated carbocycles. The zero-order valence-corrected chi connectivity index (χ0v) is 9.98. The second-order valence-corrected chi connectivity index (χ2v) is 3.91. The van der Waals surface area contributed by atoms with E-state index in [9.17, 15) is 4.39 Å². The van der Waals surface area contributed by atoms with Gasteiger partial charge in [-0.25, -0.2) is 14.4 Å². The molecule has 2 rings (SSSR count). The van der Waals surface area contributed by atoms with E-state index in [1.807, 2.05) is 6.07 Å². The number of nitrogens with zero attached hydrogens (tertiary/aromatic N) is 3. The molecule has 1 heterocycles. The highest BCUT2D eigenvalue weighted by molar-refractivity contribution is 9.10. The molecule has 0 bridgehead atoms. The molecule has 0 radical (unpaired) electrons. The number of rotatable bonds is 2. The number of hydrogen-bond donors (Lipinski definition) is 0. The molecular weight excluding hydrogens is 289 g/mol. The minimum Gasteiger partial charge on any atom is -0.433 e. The molecule has 0 unspecified atom stereocenters. The van der Waals surface area contributed by atoms with Gasteiger partial charge >= 0.3 is 0 Å². The molecular formula is C11H5BrFN3O. The summed E-state index contributed by atoms with van der Waals surface area (Å²) in [6.45, 7) is 0. The number of benzene rings is 1. The van der Waals surface area contributed by atoms with E-state index >= 15 is 0 Å². The Labute approximate surface area is 105 Å². The molecule has 0 saturated heterocycles. The number of aromatic nitrogens is 2. The predicted octanol–water partition coefficient (Wildman–Crippen LogP) is 3.04. The number of nitriles is 1. The molecule has 0 N–H and O–H groups in total. The normalized spacial score (nSPS) is 9.71. The maximum Gasteiger partial charge on any atom is 0.256 e. The molecule has 0 fully saturated rings. The number of halogens is 2. The van der Waals surface area contributed by atoms with E-state index in [1.54, 1.807) is 6.07 Å². The molecule has 0 aliphatic heterocycles. The average Bonchev–Trinajstić information content (AvgIpc) is 2.33. The lowest BCUT2D eigenvalue weighted by Gasteiger charge is -2.06. The van der Waals surface area contributed by atoms with Crippen molar-refractivity contribution in [2.45, 2.75) is 0 Å². The molecule has 4 nitrogen and oxygen atoms in total. The van der Waals surface area contributed by atoms with Crippen LogP contribution in [0.1, 0.15) is 5.69 Å². The van der Waals surface area contributed by atoms with Gasteiger partial charge in [-0.2, -0.15) is 5.26 Å². The largest absolute Gasteiger partial charge is 0.433 e. The molecule has 1 aromatic heterocycles. The van der Waals surface area contributed by atoms with Crippen molar-refractivity contribution < 1.29 is 9.13 Å². The van der Waals surface area contributed by atoms with Gasteiger partial charge in [-0.15, -0.1) is 0 Å². The van der Waals surface area contributed by atoms with Crippen LogP contribution in [0.3, 0.4) is 0 Å². The van der Waals surface area contributed by atoms with Gasteiger partial charge in [0.1, 0.15) is 6.07 Å². The molecule has 17 heavy (non-hydrogen) atoms. The second kappa shape index (κ2) is 4.89. The molecule has 6 heteroatoms. The fourth-order valence-corrected chi connectivity index (χ4v) is 1.47. The summed E-state index contributed by atoms with van der Waals surface area (Å²) in [6.07, 6.45) is 2.73. The summed E-state index contributed by atoms with van der Waals surface area (Å²) in [5.41, 5.74) is 0.00909. The SMILES string of the molecule is N#Cc1nccnc1Oc1ccc(Br)cc1F. The summed E-state index contributed by atoms with van der Waals surface area (Å²) in [6, 6.07) is 6.14. The summed E-state index contributed by atoms with van der Waals surface area (Å²) in [4.78, 5) is 7.58. The maximum atomic E-state index is 13.5. The first-order valence-corrected chi connectivity index (χ1v) is 5.34. The number of ether oxygens (including phenoxy) is 1. The third kappa shape index (κ3) is 2.57. The van der Waals surface area contributed by atoms with Crippen LogP contribution in [0.15, 0.2) is 35.1 Å². The first-order chi connectivity index (χ1) is 8.20. The Morgan fingerprint density at radius 2 is 2.06 bits per heavy atom. The summed E-state index contributed by atoms with van der Waals surface area (Å²) in [7, 11) is 0. The van der Waals surface area contributed by atoms with Crippen molar-refractivity contribution in [2.75, 3.05) is 0 Å². The fraction of sp³-hybridized carbons (Fsp3) is 0. The Morgan fingerprint density at radius 1 is 1.29 bits per heavy atom. The van der Waals surface area contributed by atoms with Crippen LogP contribution in [0.5, 0.6) is 11.6 Å². The minimum atomic E-state index is -0.547. The van der Waals surface area contributed by atoms with Gasteiger partial charge < -0.3 is 4.74 Å². The van der Waals surface area contributed by atoms with E-state index in [0.717, 1.165) is 0 Å². The lowest BCUT2D eigenvalue weighted by atomic mass is 10.3. The van der Waals surface area contributed by atoms with Gasteiger partial charge in [0.2, 0.25) is 5.69 Å². The summed E-state index contributed by atoms with van der Waals surface area (Å²) >= 11 is 3.13. The highest BCUT2D eigenvalue weighted by Crippen LogP contribution is 2.26. The molecule has 2 aromatic rings. The van der Waals surface area contributed by atoms with Crippen LogP contribution in [-0.2, 0) is 0 Å². The molecule has 1 aromatic carbocycles. The van der Waals surface area contributed by atoms with Crippen LogP contribution >= 0.6 is 15.9 Å². The third-order valence-corrected chi connectivity index (χ3v) is 2.36. The van der Waals surface area contributed by atoms with Crippen LogP contribution in [0, 0.1) is 17.1 Å². The highest BCUT2D eigenvalue weighted by atomic mass is 79.9. The first kappa shape index (κ1) is 11.5. The first-order valence-electron chi connectivity index (χ1n) is 4.54. The van der Waals surface area contributed by atoms with Crippen molar-refractivity contribution in [1.29, 1.82) is 5.26 Å². The van der Waals surface area contributed by atoms with Crippen molar-refractivity contribution in [2.24, 2.45) is 0 Å². The van der Waals surface area contributed by atoms with Crippen molar-refractivity contribution >= 4 is 15.9 Å². The van der Waals surface area contributed by atoms with Crippen LogP contribution < -0.4 is 4.74 Å². The predicted molar refractivity (Wildman–Crippen MR) is 60.9 cm³/mol. The monoisotopic (exact) mass is 293 g/mol. The summed E-state index contributed by atoms with van der Waals surface area (Å²) < 4.78 is 19.3. The van der Waals surface area contributed by atoms with E-state index in [0.29, 0.717) is 4.47 Å². The van der Waals surface area contributed by atoms with Gasteiger partial charge in [0.25, 0.3) is 5.88 Å². The van der Waals surface area contributed by atoms with Crippen molar-refractivity contribution in [1.82, 2.24) is 9.97 Å². The second-order valence-electron chi connectivity index (χ2n) is 3.00. The van der Waals surface area contributed by atoms with Gasteiger partial charge in [-0.05, 0) is 18.2 Å². The molecule has 0 atom stereocenters. The minimum absolute atomic E-state index is 0.00907. The van der Waals surface area contributed by atoms with Crippen molar-refractivity contribution in [3.8, 4) is 17.7 Å². The molecule has 0 aliphatic rings. The van der Waals surface area contributed by atoms with E-state index in [-0.39, 0.29) is 17.3 Å². The molecule has 0 spiro atoms. The maximum absolute atomic E-state index is 13.5. The van der Waals surface area contributed by atoms with Gasteiger partial charge in [-0.1, -0.05) is 15.9 Å². The Hall–Kier alpha value is -2.00. The van der Waals surface area contributed by atoms with E-state index in [2.05, 4.69) is 25.9 Å². The van der Waals surface area contributed by atoms with E-state index in [1.165, 1.54) is 24.5 Å². The topological polar surface area (TPSA) is 58.8 Å². The van der Waals surface area contributed by atoms with Gasteiger partial charge in [-0.3, -0.25) is 0 Å². The zero-order chi connectivity index (χ0) is 12.3. The molecule has 0 amide bonds. The Bertz CT molecular complexity index is 598. The average molecular weight is 294 g/mol. The van der Waals surface area contributed by atoms with E-state index < -0.39 is 5.82 Å². The summed E-state index contributed by atoms with van der Waals surface area (Å²) in [5.74, 6) is -0.574. The van der Waals surface area contributed by atoms with Gasteiger partial charge in [0.15, 0.2) is 11.6 Å². The molecule has 0 aliphatic carbocycles. The quantitative estimate of drug-likeness (QED) is 0.854. The lowest BCUT2D eigenvalue weighted by Crippen LogP contribution is -1.95. The summed E-state index contributed by atoms with van der Waals surface area (Å²) in [5, 5.41) is 8.78. The standard InChI is InChI=1S/C11H5BrFN3O/c12-7-1-2-10(8(13)5-7)17-11-9(6-14)15-3-4-16-11/h1-5H. The van der Waals surface area contributed by atoms with Crippen molar-refractivity contribution in [3.05, 3.63) is 46.6 Å². The lowest BCUT2D eigenvalue weighted by molar-refractivity contribution is 0.423. The Morgan fingerprint density at radius 3 is 2.76 bits per heavy atom. The zero-order valence-electron chi connectivity index (χ0n) is 8.39. The highest BCUT2D eigenvalue weighted by Gasteiger charge is 2.10. The smallest absolute Gasteiger partial charge is 0.256 e. The Balaban J connectivity index is 2.35. The van der Waals surface area contributed by atoms with Crippen LogP contribution in [0.25, 0.3) is 0 Å². The van der Waals surface area contributed by atoms with Crippen LogP contribution in [0.2, 0.25) is 0 Å². The fourth-order valence-electron chi connectivity index (χ4n) is 1.14. The van der Waals surface area contributed by atoms with Crippen molar-refractivity contribution in [3.63, 3.8) is 0 Å². The third-order valence-electron chi connectivity index (χ3n) is 1.87.